The largest absolute Gasteiger partial charge is 0.495 e. The third kappa shape index (κ3) is 5.21. The molecule has 0 spiro atoms. The second-order valence-electron chi connectivity index (χ2n) is 6.91. The average Bonchev–Trinajstić information content (AvgIpc) is 3.12. The molecule has 1 aliphatic rings. The van der Waals surface area contributed by atoms with Crippen molar-refractivity contribution in [3.63, 3.8) is 0 Å². The summed E-state index contributed by atoms with van der Waals surface area (Å²) in [6, 6.07) is 7.96. The van der Waals surface area contributed by atoms with Gasteiger partial charge in [0.05, 0.1) is 12.8 Å². The number of anilines is 1. The number of aliphatic hydroxyl groups excluding tert-OH is 1. The second-order valence-corrected chi connectivity index (χ2v) is 8.56. The number of thioether (sulfide) groups is 1. The summed E-state index contributed by atoms with van der Waals surface area (Å²) in [5.74, 6) is 1.60. The molecule has 0 bridgehead atoms. The van der Waals surface area contributed by atoms with Gasteiger partial charge in [-0.1, -0.05) is 36.1 Å². The number of nitrogens with zero attached hydrogens (tertiary/aromatic N) is 5. The zero-order valence-electron chi connectivity index (χ0n) is 16.9. The van der Waals surface area contributed by atoms with Crippen LogP contribution in [0.25, 0.3) is 0 Å². The Labute approximate surface area is 184 Å². The highest BCUT2D eigenvalue weighted by molar-refractivity contribution is 8.22. The fourth-order valence-electron chi connectivity index (χ4n) is 3.37. The van der Waals surface area contributed by atoms with Gasteiger partial charge in [0.1, 0.15) is 28.9 Å². The highest BCUT2D eigenvalue weighted by Gasteiger charge is 2.24. The van der Waals surface area contributed by atoms with Gasteiger partial charge in [0.15, 0.2) is 5.82 Å². The van der Waals surface area contributed by atoms with Crippen molar-refractivity contribution >= 4 is 39.8 Å². The van der Waals surface area contributed by atoms with Crippen LogP contribution in [0.5, 0.6) is 5.75 Å². The quantitative estimate of drug-likeness (QED) is 0.386. The molecule has 1 fully saturated rings. The molecule has 1 N–H and O–H groups in total. The maximum Gasteiger partial charge on any atom is 0.342 e. The predicted octanol–water partition coefficient (Wildman–Crippen LogP) is 2.31. The van der Waals surface area contributed by atoms with Crippen LogP contribution in [0.15, 0.2) is 30.5 Å². The van der Waals surface area contributed by atoms with Gasteiger partial charge >= 0.3 is 5.82 Å². The number of piperazine rings is 1. The molecule has 9 nitrogen and oxygen atoms in total. The van der Waals surface area contributed by atoms with Gasteiger partial charge < -0.3 is 29.8 Å². The number of aliphatic hydroxyl groups is 1. The van der Waals surface area contributed by atoms with E-state index >= 15 is 0 Å². The topological polar surface area (TPSA) is 96.9 Å². The number of hydrogen-bond donors (Lipinski definition) is 1. The summed E-state index contributed by atoms with van der Waals surface area (Å²) in [5, 5.41) is 21.4. The lowest BCUT2D eigenvalue weighted by Crippen LogP contribution is -2.47. The van der Waals surface area contributed by atoms with E-state index in [-0.39, 0.29) is 12.4 Å². The average molecular weight is 452 g/mol. The lowest BCUT2D eigenvalue weighted by Gasteiger charge is -2.37. The zero-order valence-corrected chi connectivity index (χ0v) is 18.6. The molecule has 2 aromatic rings. The van der Waals surface area contributed by atoms with E-state index in [1.807, 2.05) is 18.2 Å². The van der Waals surface area contributed by atoms with Crippen molar-refractivity contribution in [3.05, 3.63) is 46.4 Å². The van der Waals surface area contributed by atoms with E-state index in [9.17, 15) is 15.2 Å². The van der Waals surface area contributed by atoms with Gasteiger partial charge in [-0.3, -0.25) is 0 Å². The fourth-order valence-corrected chi connectivity index (χ4v) is 4.56. The van der Waals surface area contributed by atoms with Gasteiger partial charge in [0.25, 0.3) is 0 Å². The lowest BCUT2D eigenvalue weighted by molar-refractivity contribution is -0.392. The Bertz CT molecular complexity index is 899. The number of benzene rings is 1. The van der Waals surface area contributed by atoms with Crippen molar-refractivity contribution in [2.75, 3.05) is 43.9 Å². The van der Waals surface area contributed by atoms with Crippen LogP contribution in [-0.4, -0.2) is 73.9 Å². The molecule has 11 heteroatoms. The molecular formula is C19H25N5O4S2. The minimum Gasteiger partial charge on any atom is -0.495 e. The summed E-state index contributed by atoms with van der Waals surface area (Å²) in [4.78, 5) is 18.9. The summed E-state index contributed by atoms with van der Waals surface area (Å²) in [6.45, 7) is 5.00. The van der Waals surface area contributed by atoms with E-state index in [4.69, 9.17) is 17.0 Å². The van der Waals surface area contributed by atoms with Crippen LogP contribution in [0.2, 0.25) is 0 Å². The van der Waals surface area contributed by atoms with Crippen molar-refractivity contribution in [3.8, 4) is 5.75 Å². The van der Waals surface area contributed by atoms with Gasteiger partial charge in [-0.05, 0) is 17.1 Å². The summed E-state index contributed by atoms with van der Waals surface area (Å²) in [5.41, 5.74) is 1.07. The molecule has 2 heterocycles. The third-order valence-electron chi connectivity index (χ3n) is 4.98. The van der Waals surface area contributed by atoms with Gasteiger partial charge in [-0.15, -0.1) is 0 Å². The van der Waals surface area contributed by atoms with E-state index in [2.05, 4.69) is 20.9 Å². The lowest BCUT2D eigenvalue weighted by atomic mass is 10.2. The molecule has 1 aliphatic heterocycles. The number of aryl methyl sites for hydroxylation is 1. The molecule has 1 unspecified atom stereocenters. The Morgan fingerprint density at radius 1 is 1.37 bits per heavy atom. The molecule has 1 atom stereocenters. The SMILES string of the molecule is COc1ccccc1N1CCN(C(=S)SCC(O)Cn2c([N+](=O)[O-])cnc2C)CC1. The first-order chi connectivity index (χ1) is 14.4. The molecule has 3 rings (SSSR count). The van der Waals surface area contributed by atoms with E-state index in [0.717, 1.165) is 41.9 Å². The van der Waals surface area contributed by atoms with Gasteiger partial charge in [-0.2, -0.15) is 0 Å². The van der Waals surface area contributed by atoms with Crippen LogP contribution in [-0.2, 0) is 6.54 Å². The minimum atomic E-state index is -0.769. The summed E-state index contributed by atoms with van der Waals surface area (Å²) < 4.78 is 7.60. The minimum absolute atomic E-state index is 0.110. The van der Waals surface area contributed by atoms with Crippen molar-refractivity contribution in [1.29, 1.82) is 0 Å². The zero-order chi connectivity index (χ0) is 21.7. The Balaban J connectivity index is 1.48. The van der Waals surface area contributed by atoms with Crippen molar-refractivity contribution < 1.29 is 14.8 Å². The standard InChI is InChI=1S/C19H25N5O4S2/c1-14-20-11-18(24(26)27)23(14)12-15(25)13-30-19(29)22-9-7-21(8-10-22)16-5-3-4-6-17(16)28-2/h3-6,11,15,25H,7-10,12-13H2,1-2H3. The number of nitro groups is 1. The Hall–Kier alpha value is -2.37. The van der Waals surface area contributed by atoms with E-state index in [1.165, 1.54) is 22.5 Å². The monoisotopic (exact) mass is 451 g/mol. The summed E-state index contributed by atoms with van der Waals surface area (Å²) >= 11 is 6.94. The van der Waals surface area contributed by atoms with Crippen molar-refractivity contribution in [2.24, 2.45) is 0 Å². The number of aromatic nitrogens is 2. The molecule has 0 amide bonds. The Kier molecular flexibility index (Phi) is 7.51. The molecule has 0 radical (unpaired) electrons. The molecule has 162 valence electrons. The number of hydrogen-bond acceptors (Lipinski definition) is 8. The van der Waals surface area contributed by atoms with Gasteiger partial charge in [0.2, 0.25) is 0 Å². The third-order valence-corrected chi connectivity index (χ3v) is 6.65. The number of thiocarbonyl (C=S) groups is 1. The maximum absolute atomic E-state index is 11.1. The highest BCUT2D eigenvalue weighted by Crippen LogP contribution is 2.29. The van der Waals surface area contributed by atoms with Crippen LogP contribution in [0.1, 0.15) is 5.82 Å². The first-order valence-electron chi connectivity index (χ1n) is 9.55. The molecule has 1 aromatic heterocycles. The molecule has 1 saturated heterocycles. The Morgan fingerprint density at radius 2 is 2.07 bits per heavy atom. The number of para-hydroxylation sites is 2. The highest BCUT2D eigenvalue weighted by atomic mass is 32.2. The molecule has 0 saturated carbocycles. The van der Waals surface area contributed by atoms with E-state index in [0.29, 0.717) is 11.6 Å². The van der Waals surface area contributed by atoms with Gasteiger partial charge in [0, 0.05) is 38.9 Å². The number of ether oxygens (including phenoxy) is 1. The number of rotatable bonds is 7. The summed E-state index contributed by atoms with van der Waals surface area (Å²) in [7, 11) is 1.67. The molecule has 30 heavy (non-hydrogen) atoms. The summed E-state index contributed by atoms with van der Waals surface area (Å²) in [6.07, 6.45) is 0.440. The van der Waals surface area contributed by atoms with E-state index < -0.39 is 11.0 Å². The molecule has 1 aromatic carbocycles. The Morgan fingerprint density at radius 3 is 2.73 bits per heavy atom. The maximum atomic E-state index is 11.1. The molecule has 0 aliphatic carbocycles. The smallest absolute Gasteiger partial charge is 0.342 e. The fraction of sp³-hybridized carbons (Fsp3) is 0.474. The number of methoxy groups -OCH3 is 1. The second kappa shape index (κ2) is 10.1. The number of imidazole rings is 1. The molecular weight excluding hydrogens is 426 g/mol. The van der Waals surface area contributed by atoms with E-state index in [1.54, 1.807) is 14.0 Å². The first-order valence-corrected chi connectivity index (χ1v) is 10.9. The van der Waals surface area contributed by atoms with Gasteiger partial charge in [-0.25, -0.2) is 9.55 Å². The predicted molar refractivity (Wildman–Crippen MR) is 121 cm³/mol. The normalized spacial score (nSPS) is 15.2. The van der Waals surface area contributed by atoms with Crippen molar-refractivity contribution in [2.45, 2.75) is 19.6 Å². The van der Waals surface area contributed by atoms with Crippen LogP contribution < -0.4 is 9.64 Å². The van der Waals surface area contributed by atoms with Crippen LogP contribution in [0.4, 0.5) is 11.5 Å². The van der Waals surface area contributed by atoms with Crippen LogP contribution >= 0.6 is 24.0 Å². The van der Waals surface area contributed by atoms with Crippen molar-refractivity contribution in [1.82, 2.24) is 14.5 Å². The van der Waals surface area contributed by atoms with Crippen LogP contribution in [0.3, 0.4) is 0 Å². The van der Waals surface area contributed by atoms with Crippen LogP contribution in [0, 0.1) is 17.0 Å². The first kappa shape index (κ1) is 22.3.